The zero-order chi connectivity index (χ0) is 22.9. The number of rotatable bonds is 12. The second kappa shape index (κ2) is 11.7. The van der Waals surface area contributed by atoms with Crippen LogP contribution in [0.3, 0.4) is 0 Å². The molecule has 2 aromatic carbocycles. The molecule has 0 heterocycles. The normalized spacial score (nSPS) is 12.3. The highest BCUT2D eigenvalue weighted by Gasteiger charge is 2.27. The lowest BCUT2D eigenvalue weighted by Crippen LogP contribution is -2.42. The third-order valence-electron chi connectivity index (χ3n) is 5.39. The molecule has 0 saturated carbocycles. The summed E-state index contributed by atoms with van der Waals surface area (Å²) in [6.45, 7) is 6.42. The van der Waals surface area contributed by atoms with Gasteiger partial charge in [0.25, 0.3) is 10.0 Å². The van der Waals surface area contributed by atoms with Crippen LogP contribution < -0.4 is 14.4 Å². The van der Waals surface area contributed by atoms with Crippen molar-refractivity contribution in [2.45, 2.75) is 51.3 Å². The molecule has 2 aromatic rings. The van der Waals surface area contributed by atoms with E-state index in [9.17, 15) is 13.2 Å². The number of nitrogens with zero attached hydrogens (tertiary/aromatic N) is 1. The lowest BCUT2D eigenvalue weighted by Gasteiger charge is -2.25. The number of aryl methyl sites for hydroxylation is 1. The average molecular weight is 447 g/mol. The predicted octanol–water partition coefficient (Wildman–Crippen LogP) is 4.53. The van der Waals surface area contributed by atoms with Crippen LogP contribution in [-0.2, 0) is 14.8 Å². The average Bonchev–Trinajstić information content (AvgIpc) is 2.78. The van der Waals surface area contributed by atoms with Gasteiger partial charge in [-0.2, -0.15) is 0 Å². The summed E-state index contributed by atoms with van der Waals surface area (Å²) in [6.07, 6.45) is 4.26. The molecule has 0 aliphatic rings. The van der Waals surface area contributed by atoms with Gasteiger partial charge in [-0.1, -0.05) is 50.8 Å². The van der Waals surface area contributed by atoms with Crippen molar-refractivity contribution in [2.24, 2.45) is 5.92 Å². The van der Waals surface area contributed by atoms with Crippen LogP contribution in [0.2, 0.25) is 0 Å². The Hall–Kier alpha value is -2.54. The third-order valence-corrected chi connectivity index (χ3v) is 7.18. The fraction of sp³-hybridized carbons (Fsp3) is 0.458. The van der Waals surface area contributed by atoms with Gasteiger partial charge in [0.15, 0.2) is 0 Å². The topological polar surface area (TPSA) is 75.7 Å². The van der Waals surface area contributed by atoms with Gasteiger partial charge in [-0.3, -0.25) is 9.10 Å². The zero-order valence-electron chi connectivity index (χ0n) is 18.9. The number of anilines is 1. The predicted molar refractivity (Wildman–Crippen MR) is 125 cm³/mol. The van der Waals surface area contributed by atoms with Crippen molar-refractivity contribution in [3.63, 3.8) is 0 Å². The standard InChI is InChI=1S/C24H34N2O4S/c1-5-7-8-20(6-2)17-25-24(27)18-26(21-11-13-22(30-4)14-12-21)31(28,29)23-15-9-19(3)10-16-23/h9-16,20H,5-8,17-18H2,1-4H3,(H,25,27)/t20-/m0/s1. The molecule has 2 rings (SSSR count). The lowest BCUT2D eigenvalue weighted by molar-refractivity contribution is -0.119. The molecule has 0 aliphatic carbocycles. The van der Waals surface area contributed by atoms with Crippen LogP contribution in [0, 0.1) is 12.8 Å². The first-order chi connectivity index (χ1) is 14.8. The smallest absolute Gasteiger partial charge is 0.264 e. The molecule has 0 spiro atoms. The molecule has 0 bridgehead atoms. The molecule has 0 radical (unpaired) electrons. The molecule has 0 aromatic heterocycles. The van der Waals surface area contributed by atoms with E-state index in [0.717, 1.165) is 35.6 Å². The number of carbonyl (C=O) groups is 1. The maximum Gasteiger partial charge on any atom is 0.264 e. The van der Waals surface area contributed by atoms with Crippen molar-refractivity contribution >= 4 is 21.6 Å². The summed E-state index contributed by atoms with van der Waals surface area (Å²) in [7, 11) is -2.36. The Kier molecular flexibility index (Phi) is 9.37. The largest absolute Gasteiger partial charge is 0.497 e. The minimum atomic E-state index is -3.91. The number of nitrogens with one attached hydrogen (secondary N) is 1. The van der Waals surface area contributed by atoms with E-state index in [1.54, 1.807) is 55.6 Å². The first-order valence-corrected chi connectivity index (χ1v) is 12.3. The van der Waals surface area contributed by atoms with Gasteiger partial charge >= 0.3 is 0 Å². The number of hydrogen-bond donors (Lipinski definition) is 1. The van der Waals surface area contributed by atoms with E-state index in [1.165, 1.54) is 0 Å². The van der Waals surface area contributed by atoms with E-state index in [0.29, 0.717) is 23.9 Å². The Morgan fingerprint density at radius 1 is 1.06 bits per heavy atom. The molecule has 6 nitrogen and oxygen atoms in total. The summed E-state index contributed by atoms with van der Waals surface area (Å²) in [5, 5.41) is 2.93. The molecule has 0 unspecified atom stereocenters. The summed E-state index contributed by atoms with van der Waals surface area (Å²) in [5.41, 5.74) is 1.37. The van der Waals surface area contributed by atoms with Crippen molar-refractivity contribution < 1.29 is 17.9 Å². The van der Waals surface area contributed by atoms with Gasteiger partial charge in [-0.25, -0.2) is 8.42 Å². The van der Waals surface area contributed by atoms with E-state index < -0.39 is 10.0 Å². The quantitative estimate of drug-likeness (QED) is 0.520. The SMILES string of the molecule is CCCC[C@H](CC)CNC(=O)CN(c1ccc(OC)cc1)S(=O)(=O)c1ccc(C)cc1. The Labute approximate surface area is 186 Å². The van der Waals surface area contributed by atoms with Gasteiger partial charge in [0.2, 0.25) is 5.91 Å². The van der Waals surface area contributed by atoms with Crippen LogP contribution in [0.15, 0.2) is 53.4 Å². The van der Waals surface area contributed by atoms with Gasteiger partial charge in [-0.15, -0.1) is 0 Å². The number of amides is 1. The fourth-order valence-electron chi connectivity index (χ4n) is 3.29. The van der Waals surface area contributed by atoms with Crippen LogP contribution >= 0.6 is 0 Å². The summed E-state index contributed by atoms with van der Waals surface area (Å²) in [5.74, 6) is 0.691. The Bertz CT molecular complexity index is 925. The zero-order valence-corrected chi connectivity index (χ0v) is 19.7. The second-order valence-electron chi connectivity index (χ2n) is 7.74. The maximum absolute atomic E-state index is 13.4. The number of carbonyl (C=O) groups excluding carboxylic acids is 1. The molecular weight excluding hydrogens is 412 g/mol. The highest BCUT2D eigenvalue weighted by Crippen LogP contribution is 2.26. The highest BCUT2D eigenvalue weighted by atomic mass is 32.2. The first kappa shape index (κ1) is 24.7. The molecule has 1 atom stereocenters. The molecule has 31 heavy (non-hydrogen) atoms. The van der Waals surface area contributed by atoms with Crippen LogP contribution in [0.5, 0.6) is 5.75 Å². The van der Waals surface area contributed by atoms with Crippen molar-refractivity contribution in [3.05, 3.63) is 54.1 Å². The Morgan fingerprint density at radius 2 is 1.71 bits per heavy atom. The minimum Gasteiger partial charge on any atom is -0.497 e. The van der Waals surface area contributed by atoms with Gasteiger partial charge in [-0.05, 0) is 55.7 Å². The fourth-order valence-corrected chi connectivity index (χ4v) is 4.71. The van der Waals surface area contributed by atoms with E-state index in [4.69, 9.17) is 4.74 Å². The van der Waals surface area contributed by atoms with Crippen molar-refractivity contribution in [2.75, 3.05) is 24.5 Å². The summed E-state index contributed by atoms with van der Waals surface area (Å²) in [4.78, 5) is 12.9. The van der Waals surface area contributed by atoms with Crippen LogP contribution in [0.25, 0.3) is 0 Å². The number of hydrogen-bond acceptors (Lipinski definition) is 4. The number of ether oxygens (including phenoxy) is 1. The molecule has 7 heteroatoms. The maximum atomic E-state index is 13.4. The second-order valence-corrected chi connectivity index (χ2v) is 9.61. The van der Waals surface area contributed by atoms with E-state index in [1.807, 2.05) is 6.92 Å². The number of unbranched alkanes of at least 4 members (excludes halogenated alkanes) is 1. The Morgan fingerprint density at radius 3 is 2.26 bits per heavy atom. The number of methoxy groups -OCH3 is 1. The van der Waals surface area contributed by atoms with Crippen molar-refractivity contribution in [1.29, 1.82) is 0 Å². The first-order valence-electron chi connectivity index (χ1n) is 10.8. The van der Waals surface area contributed by atoms with Crippen molar-refractivity contribution in [3.8, 4) is 5.75 Å². The highest BCUT2D eigenvalue weighted by molar-refractivity contribution is 7.92. The van der Waals surface area contributed by atoms with E-state index in [2.05, 4.69) is 19.2 Å². The summed E-state index contributed by atoms with van der Waals surface area (Å²) >= 11 is 0. The van der Waals surface area contributed by atoms with Crippen LogP contribution in [0.4, 0.5) is 5.69 Å². The lowest BCUT2D eigenvalue weighted by atomic mass is 9.99. The molecule has 1 amide bonds. The summed E-state index contributed by atoms with van der Waals surface area (Å²) < 4.78 is 33.1. The van der Waals surface area contributed by atoms with Gasteiger partial charge in [0.05, 0.1) is 17.7 Å². The third kappa shape index (κ3) is 6.99. The number of sulfonamides is 1. The molecule has 0 fully saturated rings. The minimum absolute atomic E-state index is 0.149. The molecule has 170 valence electrons. The van der Waals surface area contributed by atoms with Gasteiger partial charge < -0.3 is 10.1 Å². The van der Waals surface area contributed by atoms with Crippen LogP contribution in [-0.4, -0.2) is 34.5 Å². The monoisotopic (exact) mass is 446 g/mol. The van der Waals surface area contributed by atoms with Crippen molar-refractivity contribution in [1.82, 2.24) is 5.32 Å². The molecular formula is C24H34N2O4S. The number of benzene rings is 2. The molecule has 1 N–H and O–H groups in total. The van der Waals surface area contributed by atoms with E-state index in [-0.39, 0.29) is 17.3 Å². The molecule has 0 saturated heterocycles. The van der Waals surface area contributed by atoms with Gasteiger partial charge in [0, 0.05) is 6.54 Å². The van der Waals surface area contributed by atoms with Gasteiger partial charge in [0.1, 0.15) is 12.3 Å². The Balaban J connectivity index is 2.25. The van der Waals surface area contributed by atoms with E-state index >= 15 is 0 Å². The van der Waals surface area contributed by atoms with Crippen LogP contribution in [0.1, 0.15) is 45.1 Å². The summed E-state index contributed by atoms with van der Waals surface area (Å²) in [6, 6.07) is 13.3. The molecule has 0 aliphatic heterocycles.